The number of carbonyl (C=O) groups excluding carboxylic acids is 2. The molecule has 0 radical (unpaired) electrons. The van der Waals surface area contributed by atoms with E-state index in [1.54, 1.807) is 16.9 Å². The highest BCUT2D eigenvalue weighted by molar-refractivity contribution is 6.33. The number of halogens is 2. The molecule has 1 fully saturated rings. The summed E-state index contributed by atoms with van der Waals surface area (Å²) < 4.78 is 23.9. The minimum absolute atomic E-state index is 0.0419. The zero-order valence-electron chi connectivity index (χ0n) is 16.8. The third kappa shape index (κ3) is 5.63. The normalized spacial score (nSPS) is 13.8. The van der Waals surface area contributed by atoms with Crippen LogP contribution in [0.15, 0.2) is 42.5 Å². The van der Waals surface area contributed by atoms with Crippen LogP contribution in [0.2, 0.25) is 5.02 Å². The average molecular weight is 435 g/mol. The van der Waals surface area contributed by atoms with Gasteiger partial charge in [-0.2, -0.15) is 0 Å². The van der Waals surface area contributed by atoms with Gasteiger partial charge in [0.1, 0.15) is 17.3 Å². The molecule has 0 N–H and O–H groups in total. The van der Waals surface area contributed by atoms with Crippen LogP contribution in [-0.4, -0.2) is 61.5 Å². The van der Waals surface area contributed by atoms with Gasteiger partial charge in [0.05, 0.1) is 24.3 Å². The molecule has 2 aromatic rings. The molecule has 0 saturated carbocycles. The Morgan fingerprint density at radius 3 is 2.27 bits per heavy atom. The van der Waals surface area contributed by atoms with Crippen LogP contribution in [0.4, 0.5) is 4.39 Å². The number of carbonyl (C=O) groups is 2. The summed E-state index contributed by atoms with van der Waals surface area (Å²) in [6.07, 6.45) is 0.989. The number of methoxy groups -OCH3 is 1. The van der Waals surface area contributed by atoms with E-state index in [4.69, 9.17) is 21.1 Å². The lowest BCUT2D eigenvalue weighted by atomic mass is 10.1. The minimum atomic E-state index is -0.483. The van der Waals surface area contributed by atoms with E-state index in [2.05, 4.69) is 0 Å². The van der Waals surface area contributed by atoms with E-state index in [0.29, 0.717) is 45.6 Å². The Kier molecular flexibility index (Phi) is 7.52. The molecule has 160 valence electrons. The number of rotatable bonds is 7. The van der Waals surface area contributed by atoms with Crippen LogP contribution in [0.25, 0.3) is 0 Å². The number of benzene rings is 2. The first-order valence-corrected chi connectivity index (χ1v) is 10.1. The van der Waals surface area contributed by atoms with Gasteiger partial charge in [-0.1, -0.05) is 11.6 Å². The summed E-state index contributed by atoms with van der Waals surface area (Å²) in [7, 11) is 1.61. The van der Waals surface area contributed by atoms with Crippen LogP contribution in [0.1, 0.15) is 23.2 Å². The monoisotopic (exact) mass is 434 g/mol. The van der Waals surface area contributed by atoms with Gasteiger partial charge in [0.15, 0.2) is 0 Å². The fraction of sp³-hybridized carbons (Fsp3) is 0.364. The Hall–Kier alpha value is -2.80. The average Bonchev–Trinajstić information content (AvgIpc) is 2.76. The van der Waals surface area contributed by atoms with Gasteiger partial charge in [-0.15, -0.1) is 0 Å². The zero-order valence-corrected chi connectivity index (χ0v) is 17.5. The van der Waals surface area contributed by atoms with E-state index < -0.39 is 5.82 Å². The molecule has 2 amide bonds. The highest BCUT2D eigenvalue weighted by atomic mass is 35.5. The van der Waals surface area contributed by atoms with Crippen LogP contribution in [0.3, 0.4) is 0 Å². The molecular weight excluding hydrogens is 411 g/mol. The Labute approximate surface area is 180 Å². The second kappa shape index (κ2) is 10.3. The summed E-state index contributed by atoms with van der Waals surface area (Å²) >= 11 is 5.98. The number of amides is 2. The summed E-state index contributed by atoms with van der Waals surface area (Å²) in [6, 6.07) is 11.0. The maximum atomic E-state index is 13.2. The molecule has 3 rings (SSSR count). The summed E-state index contributed by atoms with van der Waals surface area (Å²) in [4.78, 5) is 28.4. The van der Waals surface area contributed by atoms with Gasteiger partial charge in [0.2, 0.25) is 5.91 Å². The Morgan fingerprint density at radius 1 is 1.00 bits per heavy atom. The van der Waals surface area contributed by atoms with Crippen molar-refractivity contribution >= 4 is 23.4 Å². The third-order valence-electron chi connectivity index (χ3n) is 4.94. The van der Waals surface area contributed by atoms with Crippen LogP contribution in [0, 0.1) is 5.82 Å². The van der Waals surface area contributed by atoms with Crippen molar-refractivity contribution in [3.63, 3.8) is 0 Å². The van der Waals surface area contributed by atoms with E-state index >= 15 is 0 Å². The van der Waals surface area contributed by atoms with Gasteiger partial charge in [0, 0.05) is 32.6 Å². The number of nitrogens with zero attached hydrogens (tertiary/aromatic N) is 2. The second-order valence-corrected chi connectivity index (χ2v) is 7.33. The van der Waals surface area contributed by atoms with Crippen molar-refractivity contribution in [2.45, 2.75) is 12.8 Å². The highest BCUT2D eigenvalue weighted by Crippen LogP contribution is 2.20. The van der Waals surface area contributed by atoms with Crippen molar-refractivity contribution in [1.29, 1.82) is 0 Å². The molecule has 0 aliphatic carbocycles. The third-order valence-corrected chi connectivity index (χ3v) is 5.26. The van der Waals surface area contributed by atoms with Crippen molar-refractivity contribution < 1.29 is 23.5 Å². The molecule has 6 nitrogen and oxygen atoms in total. The molecular formula is C22H24ClFN2O4. The van der Waals surface area contributed by atoms with E-state index in [1.165, 1.54) is 12.1 Å². The standard InChI is InChI=1S/C22H24ClFN2O4/c1-29-17-5-7-18(8-6-17)30-14-2-3-21(27)25-10-12-26(13-11-25)22(28)19-9-4-16(24)15-20(19)23/h4-9,15H,2-3,10-14H2,1H3. The molecule has 1 heterocycles. The summed E-state index contributed by atoms with van der Waals surface area (Å²) in [5, 5.41) is 0.0929. The predicted octanol–water partition coefficient (Wildman–Crippen LogP) is 3.63. The molecule has 0 spiro atoms. The van der Waals surface area contributed by atoms with Crippen LogP contribution in [0.5, 0.6) is 11.5 Å². The number of piperazine rings is 1. The van der Waals surface area contributed by atoms with Gasteiger partial charge in [-0.25, -0.2) is 4.39 Å². The molecule has 30 heavy (non-hydrogen) atoms. The van der Waals surface area contributed by atoms with Gasteiger partial charge in [-0.05, 0) is 48.9 Å². The minimum Gasteiger partial charge on any atom is -0.497 e. The Bertz CT molecular complexity index is 883. The molecule has 0 bridgehead atoms. The summed E-state index contributed by atoms with van der Waals surface area (Å²) in [5.41, 5.74) is 0.272. The van der Waals surface area contributed by atoms with Crippen LogP contribution in [-0.2, 0) is 4.79 Å². The maximum Gasteiger partial charge on any atom is 0.255 e. The zero-order chi connectivity index (χ0) is 21.5. The van der Waals surface area contributed by atoms with Gasteiger partial charge < -0.3 is 19.3 Å². The van der Waals surface area contributed by atoms with Gasteiger partial charge in [0.25, 0.3) is 5.91 Å². The predicted molar refractivity (Wildman–Crippen MR) is 112 cm³/mol. The molecule has 0 atom stereocenters. The van der Waals surface area contributed by atoms with Crippen molar-refractivity contribution in [2.75, 3.05) is 39.9 Å². The summed E-state index contributed by atoms with van der Waals surface area (Å²) in [6.45, 7) is 2.20. The first-order chi connectivity index (χ1) is 14.5. The number of hydrogen-bond donors (Lipinski definition) is 0. The van der Waals surface area contributed by atoms with Crippen molar-refractivity contribution in [2.24, 2.45) is 0 Å². The molecule has 2 aromatic carbocycles. The smallest absolute Gasteiger partial charge is 0.255 e. The van der Waals surface area contributed by atoms with Crippen LogP contribution >= 0.6 is 11.6 Å². The SMILES string of the molecule is COc1ccc(OCCCC(=O)N2CCN(C(=O)c3ccc(F)cc3Cl)CC2)cc1. The fourth-order valence-corrected chi connectivity index (χ4v) is 3.48. The lowest BCUT2D eigenvalue weighted by Gasteiger charge is -2.35. The Balaban J connectivity index is 1.39. The topological polar surface area (TPSA) is 59.1 Å². The van der Waals surface area contributed by atoms with Crippen LogP contribution < -0.4 is 9.47 Å². The number of ether oxygens (including phenoxy) is 2. The fourth-order valence-electron chi connectivity index (χ4n) is 3.24. The van der Waals surface area contributed by atoms with Crippen molar-refractivity contribution in [3.8, 4) is 11.5 Å². The van der Waals surface area contributed by atoms with Gasteiger partial charge in [-0.3, -0.25) is 9.59 Å². The maximum absolute atomic E-state index is 13.2. The lowest BCUT2D eigenvalue weighted by molar-refractivity contribution is -0.132. The summed E-state index contributed by atoms with van der Waals surface area (Å²) in [5.74, 6) is 0.801. The second-order valence-electron chi connectivity index (χ2n) is 6.92. The van der Waals surface area contributed by atoms with E-state index in [0.717, 1.165) is 17.6 Å². The van der Waals surface area contributed by atoms with E-state index in [-0.39, 0.29) is 22.4 Å². The molecule has 1 aliphatic heterocycles. The first-order valence-electron chi connectivity index (χ1n) is 9.77. The quantitative estimate of drug-likeness (QED) is 0.624. The van der Waals surface area contributed by atoms with Crippen molar-refractivity contribution in [1.82, 2.24) is 9.80 Å². The molecule has 0 aromatic heterocycles. The van der Waals surface area contributed by atoms with E-state index in [1.807, 2.05) is 24.3 Å². The number of hydrogen-bond acceptors (Lipinski definition) is 4. The molecule has 8 heteroatoms. The molecule has 0 unspecified atom stereocenters. The van der Waals surface area contributed by atoms with Crippen molar-refractivity contribution in [3.05, 3.63) is 58.9 Å². The van der Waals surface area contributed by atoms with Gasteiger partial charge >= 0.3 is 0 Å². The Morgan fingerprint density at radius 2 is 1.63 bits per heavy atom. The first kappa shape index (κ1) is 21.9. The molecule has 1 saturated heterocycles. The highest BCUT2D eigenvalue weighted by Gasteiger charge is 2.25. The lowest BCUT2D eigenvalue weighted by Crippen LogP contribution is -2.50. The van der Waals surface area contributed by atoms with E-state index in [9.17, 15) is 14.0 Å². The largest absolute Gasteiger partial charge is 0.497 e. The molecule has 1 aliphatic rings.